The van der Waals surface area contributed by atoms with Crippen molar-refractivity contribution in [2.45, 2.75) is 52.6 Å². The van der Waals surface area contributed by atoms with Crippen molar-refractivity contribution in [2.75, 3.05) is 20.1 Å². The predicted octanol–water partition coefficient (Wildman–Crippen LogP) is 2.10. The summed E-state index contributed by atoms with van der Waals surface area (Å²) in [5.41, 5.74) is 0.689. The molecule has 2 nitrogen and oxygen atoms in total. The van der Waals surface area contributed by atoms with E-state index in [0.29, 0.717) is 11.5 Å². The Morgan fingerprint density at radius 3 is 2.36 bits per heavy atom. The molecule has 0 aromatic rings. The molecule has 0 aromatic heterocycles. The van der Waals surface area contributed by atoms with E-state index in [2.05, 4.69) is 51.9 Å². The summed E-state index contributed by atoms with van der Waals surface area (Å²) in [5.74, 6) is 0. The van der Waals surface area contributed by atoms with Gasteiger partial charge in [0.05, 0.1) is 0 Å². The lowest BCUT2D eigenvalue weighted by Crippen LogP contribution is -2.61. The summed E-state index contributed by atoms with van der Waals surface area (Å²) in [6.07, 6.45) is 1.25. The molecule has 1 atom stereocenters. The Balaban J connectivity index is 2.54. The number of nitrogens with one attached hydrogen (secondary N) is 1. The zero-order chi connectivity index (χ0) is 11.0. The molecular formula is C12H26N2. The number of rotatable bonds is 1. The quantitative estimate of drug-likeness (QED) is 0.694. The summed E-state index contributed by atoms with van der Waals surface area (Å²) in [6.45, 7) is 13.9. The highest BCUT2D eigenvalue weighted by Gasteiger charge is 2.31. The number of nitrogens with zero attached hydrogens (tertiary/aromatic N) is 1. The van der Waals surface area contributed by atoms with E-state index in [4.69, 9.17) is 0 Å². The van der Waals surface area contributed by atoms with E-state index in [1.54, 1.807) is 0 Å². The summed E-state index contributed by atoms with van der Waals surface area (Å²) in [4.78, 5) is 2.44. The third kappa shape index (κ3) is 3.97. The molecule has 0 amide bonds. The van der Waals surface area contributed by atoms with Crippen molar-refractivity contribution in [3.05, 3.63) is 0 Å². The van der Waals surface area contributed by atoms with E-state index in [1.165, 1.54) is 13.0 Å². The van der Waals surface area contributed by atoms with E-state index in [-0.39, 0.29) is 5.54 Å². The van der Waals surface area contributed by atoms with Crippen molar-refractivity contribution < 1.29 is 0 Å². The van der Waals surface area contributed by atoms with E-state index in [0.717, 1.165) is 6.54 Å². The Hall–Kier alpha value is -0.0800. The Labute approximate surface area is 89.1 Å². The van der Waals surface area contributed by atoms with Crippen LogP contribution in [0.3, 0.4) is 0 Å². The van der Waals surface area contributed by atoms with Crippen molar-refractivity contribution in [1.82, 2.24) is 10.2 Å². The Kier molecular flexibility index (Phi) is 3.27. The van der Waals surface area contributed by atoms with Crippen LogP contribution in [0.1, 0.15) is 41.0 Å². The van der Waals surface area contributed by atoms with Crippen LogP contribution in [0.5, 0.6) is 0 Å². The maximum Gasteiger partial charge on any atom is 0.0255 e. The average Bonchev–Trinajstić information content (AvgIpc) is 1.74. The summed E-state index contributed by atoms with van der Waals surface area (Å²) in [6, 6.07) is 0.642. The molecule has 1 rings (SSSR count). The van der Waals surface area contributed by atoms with Gasteiger partial charge in [-0.1, -0.05) is 20.8 Å². The normalized spacial score (nSPS) is 29.1. The largest absolute Gasteiger partial charge is 0.306 e. The summed E-state index contributed by atoms with van der Waals surface area (Å²) in [5, 5.41) is 3.74. The summed E-state index contributed by atoms with van der Waals surface area (Å²) >= 11 is 0. The Morgan fingerprint density at radius 1 is 1.36 bits per heavy atom. The molecule has 0 spiro atoms. The van der Waals surface area contributed by atoms with Gasteiger partial charge >= 0.3 is 0 Å². The second-order valence-corrected chi connectivity index (χ2v) is 6.69. The molecule has 0 radical (unpaired) electrons. The first-order valence-corrected chi connectivity index (χ1v) is 5.64. The fourth-order valence-electron chi connectivity index (χ4n) is 2.61. The van der Waals surface area contributed by atoms with Gasteiger partial charge in [0.25, 0.3) is 0 Å². The van der Waals surface area contributed by atoms with Crippen LogP contribution in [0.15, 0.2) is 0 Å². The smallest absolute Gasteiger partial charge is 0.0255 e. The van der Waals surface area contributed by atoms with Gasteiger partial charge in [0.2, 0.25) is 0 Å². The van der Waals surface area contributed by atoms with Gasteiger partial charge in [-0.05, 0) is 32.7 Å². The average molecular weight is 198 g/mol. The van der Waals surface area contributed by atoms with E-state index in [9.17, 15) is 0 Å². The second kappa shape index (κ2) is 3.82. The van der Waals surface area contributed by atoms with Gasteiger partial charge in [-0.25, -0.2) is 0 Å². The third-order valence-electron chi connectivity index (χ3n) is 2.65. The molecule has 1 saturated heterocycles. The van der Waals surface area contributed by atoms with Crippen molar-refractivity contribution >= 4 is 0 Å². The number of hydrogen-bond donors (Lipinski definition) is 1. The Bertz CT molecular complexity index is 189. The van der Waals surface area contributed by atoms with Crippen molar-refractivity contribution in [3.63, 3.8) is 0 Å². The van der Waals surface area contributed by atoms with Gasteiger partial charge in [0.1, 0.15) is 0 Å². The van der Waals surface area contributed by atoms with Crippen LogP contribution in [-0.4, -0.2) is 36.6 Å². The molecular weight excluding hydrogens is 172 g/mol. The molecule has 2 heteroatoms. The lowest BCUT2D eigenvalue weighted by Gasteiger charge is -2.44. The number of piperazine rings is 1. The SMILES string of the molecule is CN1CC(CC(C)(C)C)NC(C)(C)C1. The van der Waals surface area contributed by atoms with Gasteiger partial charge in [-0.3, -0.25) is 0 Å². The maximum atomic E-state index is 3.74. The summed E-state index contributed by atoms with van der Waals surface area (Å²) in [7, 11) is 2.22. The maximum absolute atomic E-state index is 3.74. The molecule has 1 aliphatic heterocycles. The zero-order valence-corrected chi connectivity index (χ0v) is 10.6. The van der Waals surface area contributed by atoms with Crippen LogP contribution in [0.25, 0.3) is 0 Å². The van der Waals surface area contributed by atoms with Crippen molar-refractivity contribution in [1.29, 1.82) is 0 Å². The molecule has 1 fully saturated rings. The van der Waals surface area contributed by atoms with Crippen molar-refractivity contribution in [3.8, 4) is 0 Å². The third-order valence-corrected chi connectivity index (χ3v) is 2.65. The fourth-order valence-corrected chi connectivity index (χ4v) is 2.61. The number of likely N-dealkylation sites (N-methyl/N-ethyl adjacent to an activating group) is 1. The van der Waals surface area contributed by atoms with Gasteiger partial charge in [0, 0.05) is 24.7 Å². The minimum Gasteiger partial charge on any atom is -0.306 e. The molecule has 0 aromatic carbocycles. The standard InChI is InChI=1S/C12H26N2/c1-11(2,3)7-10-8-14(6)9-12(4,5)13-10/h10,13H,7-9H2,1-6H3. The van der Waals surface area contributed by atoms with Gasteiger partial charge in [-0.2, -0.15) is 0 Å². The lowest BCUT2D eigenvalue weighted by atomic mass is 9.85. The van der Waals surface area contributed by atoms with E-state index >= 15 is 0 Å². The lowest BCUT2D eigenvalue weighted by molar-refractivity contribution is 0.118. The molecule has 0 saturated carbocycles. The zero-order valence-electron chi connectivity index (χ0n) is 10.6. The van der Waals surface area contributed by atoms with Gasteiger partial charge in [0.15, 0.2) is 0 Å². The fraction of sp³-hybridized carbons (Fsp3) is 1.00. The van der Waals surface area contributed by atoms with Crippen molar-refractivity contribution in [2.24, 2.45) is 5.41 Å². The molecule has 1 N–H and O–H groups in total. The summed E-state index contributed by atoms with van der Waals surface area (Å²) < 4.78 is 0. The van der Waals surface area contributed by atoms with Gasteiger partial charge < -0.3 is 10.2 Å². The van der Waals surface area contributed by atoms with Gasteiger partial charge in [-0.15, -0.1) is 0 Å². The van der Waals surface area contributed by atoms with Crippen LogP contribution in [0, 0.1) is 5.41 Å². The first-order chi connectivity index (χ1) is 6.18. The van der Waals surface area contributed by atoms with E-state index < -0.39 is 0 Å². The predicted molar refractivity (Wildman–Crippen MR) is 62.6 cm³/mol. The molecule has 1 heterocycles. The molecule has 0 aliphatic carbocycles. The highest BCUT2D eigenvalue weighted by molar-refractivity contribution is 4.92. The highest BCUT2D eigenvalue weighted by atomic mass is 15.2. The minimum atomic E-state index is 0.267. The monoisotopic (exact) mass is 198 g/mol. The molecule has 0 bridgehead atoms. The molecule has 1 aliphatic rings. The van der Waals surface area contributed by atoms with Crippen LogP contribution in [-0.2, 0) is 0 Å². The molecule has 14 heavy (non-hydrogen) atoms. The van der Waals surface area contributed by atoms with Crippen LogP contribution in [0.4, 0.5) is 0 Å². The Morgan fingerprint density at radius 2 is 1.93 bits per heavy atom. The topological polar surface area (TPSA) is 15.3 Å². The minimum absolute atomic E-state index is 0.267. The first-order valence-electron chi connectivity index (χ1n) is 5.64. The highest BCUT2D eigenvalue weighted by Crippen LogP contribution is 2.24. The van der Waals surface area contributed by atoms with E-state index in [1.807, 2.05) is 0 Å². The van der Waals surface area contributed by atoms with Crippen LogP contribution >= 0.6 is 0 Å². The first kappa shape index (κ1) is 12.0. The van der Waals surface area contributed by atoms with Crippen LogP contribution in [0.2, 0.25) is 0 Å². The second-order valence-electron chi connectivity index (χ2n) is 6.69. The molecule has 84 valence electrons. The van der Waals surface area contributed by atoms with Crippen LogP contribution < -0.4 is 5.32 Å². The molecule has 1 unspecified atom stereocenters. The number of hydrogen-bond acceptors (Lipinski definition) is 2.